The van der Waals surface area contributed by atoms with E-state index in [1.807, 2.05) is 20.8 Å². The molecule has 3 atom stereocenters. The largest absolute Gasteiger partial charge is 0.544 e. The van der Waals surface area contributed by atoms with Gasteiger partial charge in [0.25, 0.3) is 0 Å². The Labute approximate surface area is 270 Å². The number of carboxylic acids is 3. The topological polar surface area (TPSA) is 115 Å². The Morgan fingerprint density at radius 3 is 1.20 bits per heavy atom. The number of carbonyl (C=O) groups is 3. The van der Waals surface area contributed by atoms with E-state index in [2.05, 4.69) is 19.1 Å². The first-order valence-electron chi connectivity index (χ1n) is 18.4. The SMILES string of the molecule is CCCCCCCCCCCCCCCCC/C=C/CCC[N+](C(CCC)C(=O)[O-])(C(CCC)C(=O)O)C(CCC)C(=O)O. The Bertz CT molecular complexity index is 707. The smallest absolute Gasteiger partial charge is 0.362 e. The molecule has 0 bridgehead atoms. The lowest BCUT2D eigenvalue weighted by Gasteiger charge is -2.52. The molecule has 44 heavy (non-hydrogen) atoms. The molecule has 0 aromatic heterocycles. The van der Waals surface area contributed by atoms with Gasteiger partial charge in [0.2, 0.25) is 0 Å². The molecule has 0 spiro atoms. The van der Waals surface area contributed by atoms with Gasteiger partial charge in [-0.15, -0.1) is 0 Å². The van der Waals surface area contributed by atoms with Crippen LogP contribution in [0, 0.1) is 0 Å². The molecule has 0 aromatic carbocycles. The minimum absolute atomic E-state index is 0.190. The summed E-state index contributed by atoms with van der Waals surface area (Å²) in [5, 5.41) is 33.0. The summed E-state index contributed by atoms with van der Waals surface area (Å²) >= 11 is 0. The molecule has 0 heterocycles. The third-order valence-corrected chi connectivity index (χ3v) is 9.33. The highest BCUT2D eigenvalue weighted by atomic mass is 16.4. The van der Waals surface area contributed by atoms with Gasteiger partial charge in [-0.1, -0.05) is 136 Å². The molecule has 7 heteroatoms. The van der Waals surface area contributed by atoms with Gasteiger partial charge in [0.15, 0.2) is 12.1 Å². The lowest BCUT2D eigenvalue weighted by Crippen LogP contribution is -2.74. The van der Waals surface area contributed by atoms with E-state index in [0.29, 0.717) is 32.1 Å². The van der Waals surface area contributed by atoms with Crippen LogP contribution in [0.4, 0.5) is 0 Å². The molecule has 0 aliphatic carbocycles. The monoisotopic (exact) mass is 624 g/mol. The van der Waals surface area contributed by atoms with Crippen LogP contribution >= 0.6 is 0 Å². The lowest BCUT2D eigenvalue weighted by atomic mass is 9.91. The Morgan fingerprint density at radius 2 is 0.864 bits per heavy atom. The van der Waals surface area contributed by atoms with Crippen LogP contribution < -0.4 is 5.11 Å². The van der Waals surface area contributed by atoms with Gasteiger partial charge in [0, 0.05) is 25.7 Å². The number of carboxylic acid groups (broad SMARTS) is 3. The Balaban J connectivity index is 4.81. The molecule has 0 aliphatic heterocycles. The summed E-state index contributed by atoms with van der Waals surface area (Å²) in [5.41, 5.74) is 0. The number of hydrogen-bond acceptors (Lipinski definition) is 4. The van der Waals surface area contributed by atoms with E-state index in [4.69, 9.17) is 0 Å². The molecule has 258 valence electrons. The van der Waals surface area contributed by atoms with Crippen molar-refractivity contribution in [1.82, 2.24) is 0 Å². The van der Waals surface area contributed by atoms with Crippen molar-refractivity contribution in [3.8, 4) is 0 Å². The summed E-state index contributed by atoms with van der Waals surface area (Å²) in [6.45, 7) is 8.01. The number of aliphatic carboxylic acids is 3. The fourth-order valence-electron chi connectivity index (χ4n) is 6.99. The highest BCUT2D eigenvalue weighted by molar-refractivity contribution is 5.77. The Morgan fingerprint density at radius 1 is 0.523 bits per heavy atom. The van der Waals surface area contributed by atoms with Gasteiger partial charge in [-0.2, -0.15) is 0 Å². The van der Waals surface area contributed by atoms with E-state index >= 15 is 0 Å². The minimum atomic E-state index is -1.35. The lowest BCUT2D eigenvalue weighted by molar-refractivity contribution is -0.975. The summed E-state index contributed by atoms with van der Waals surface area (Å²) in [6.07, 6.45) is 28.8. The Hall–Kier alpha value is -1.89. The maximum atomic E-state index is 12.6. The second-order valence-corrected chi connectivity index (χ2v) is 13.0. The molecule has 0 aromatic rings. The van der Waals surface area contributed by atoms with Gasteiger partial charge in [-0.25, -0.2) is 9.59 Å². The van der Waals surface area contributed by atoms with Crippen molar-refractivity contribution in [1.29, 1.82) is 0 Å². The Kier molecular flexibility index (Phi) is 26.2. The summed E-state index contributed by atoms with van der Waals surface area (Å²) in [4.78, 5) is 37.6. The van der Waals surface area contributed by atoms with Crippen LogP contribution in [0.5, 0.6) is 0 Å². The van der Waals surface area contributed by atoms with Crippen LogP contribution in [-0.4, -0.2) is 57.3 Å². The maximum Gasteiger partial charge on any atom is 0.362 e. The van der Waals surface area contributed by atoms with Crippen LogP contribution in [0.1, 0.15) is 182 Å². The normalized spacial score (nSPS) is 15.2. The second kappa shape index (κ2) is 27.4. The minimum Gasteiger partial charge on any atom is -0.544 e. The molecule has 2 N–H and O–H groups in total. The summed E-state index contributed by atoms with van der Waals surface area (Å²) in [5.74, 6) is -3.60. The number of allylic oxidation sites excluding steroid dienone is 2. The molecule has 7 nitrogen and oxygen atoms in total. The van der Waals surface area contributed by atoms with Crippen LogP contribution in [0.25, 0.3) is 0 Å². The fraction of sp³-hybridized carbons (Fsp3) is 0.865. The van der Waals surface area contributed by atoms with Crippen molar-refractivity contribution in [2.45, 2.75) is 200 Å². The molecule has 3 unspecified atom stereocenters. The first-order chi connectivity index (χ1) is 21.2. The van der Waals surface area contributed by atoms with E-state index in [9.17, 15) is 29.7 Å². The summed E-state index contributed by atoms with van der Waals surface area (Å²) < 4.78 is -0.463. The predicted molar refractivity (Wildman–Crippen MR) is 179 cm³/mol. The molecule has 0 rings (SSSR count). The number of quaternary nitrogens is 1. The third kappa shape index (κ3) is 17.0. The van der Waals surface area contributed by atoms with E-state index in [1.54, 1.807) is 0 Å². The highest BCUT2D eigenvalue weighted by Gasteiger charge is 2.54. The van der Waals surface area contributed by atoms with Gasteiger partial charge in [0.1, 0.15) is 6.04 Å². The zero-order chi connectivity index (χ0) is 33.1. The van der Waals surface area contributed by atoms with Gasteiger partial charge in [-0.3, -0.25) is 4.48 Å². The van der Waals surface area contributed by atoms with Crippen molar-refractivity contribution >= 4 is 17.9 Å². The number of carbonyl (C=O) groups excluding carboxylic acids is 1. The standard InChI is InChI=1S/C37H69NO6/c1-5-9-10-11-12-13-14-15-16-17-18-19-20-21-22-23-24-25-26-27-31-38(32(28-6-2)35(39)40,33(29-7-3)36(41)42)34(30-8-4)37(43)44/h24-25,32-34H,5-23,26-31H2,1-4H3,(H2-,39,40,41,42,43,44)/b25-24+. The van der Waals surface area contributed by atoms with Crippen LogP contribution in [-0.2, 0) is 14.4 Å². The molecular formula is C37H69NO6. The van der Waals surface area contributed by atoms with Crippen LogP contribution in [0.2, 0.25) is 0 Å². The molecule has 0 fully saturated rings. The average molecular weight is 624 g/mol. The number of unbranched alkanes of at least 4 members (excludes halogenated alkanes) is 16. The average Bonchev–Trinajstić information content (AvgIpc) is 2.98. The van der Waals surface area contributed by atoms with Gasteiger partial charge < -0.3 is 20.1 Å². The third-order valence-electron chi connectivity index (χ3n) is 9.33. The molecule has 0 amide bonds. The van der Waals surface area contributed by atoms with E-state index in [1.165, 1.54) is 89.9 Å². The van der Waals surface area contributed by atoms with Crippen LogP contribution in [0.3, 0.4) is 0 Å². The van der Waals surface area contributed by atoms with Gasteiger partial charge in [0.05, 0.1) is 12.5 Å². The van der Waals surface area contributed by atoms with Gasteiger partial charge in [-0.05, 0) is 32.1 Å². The summed E-state index contributed by atoms with van der Waals surface area (Å²) in [6, 6.07) is -3.39. The molecule has 0 radical (unpaired) electrons. The van der Waals surface area contributed by atoms with Crippen molar-refractivity contribution < 1.29 is 34.2 Å². The first-order valence-corrected chi connectivity index (χ1v) is 18.4. The van der Waals surface area contributed by atoms with Crippen molar-refractivity contribution in [3.05, 3.63) is 12.2 Å². The second-order valence-electron chi connectivity index (χ2n) is 13.0. The maximum absolute atomic E-state index is 12.6. The molecule has 0 saturated heterocycles. The number of hydrogen-bond donors (Lipinski definition) is 2. The first kappa shape index (κ1) is 42.1. The zero-order valence-electron chi connectivity index (χ0n) is 29.0. The van der Waals surface area contributed by atoms with E-state index < -0.39 is 40.5 Å². The number of nitrogens with zero attached hydrogens (tertiary/aromatic N) is 1. The predicted octanol–water partition coefficient (Wildman–Crippen LogP) is 8.83. The van der Waals surface area contributed by atoms with Crippen LogP contribution in [0.15, 0.2) is 12.2 Å². The molecule has 0 saturated carbocycles. The van der Waals surface area contributed by atoms with Crippen molar-refractivity contribution in [3.63, 3.8) is 0 Å². The molecule has 0 aliphatic rings. The van der Waals surface area contributed by atoms with E-state index in [0.717, 1.165) is 12.8 Å². The van der Waals surface area contributed by atoms with E-state index in [-0.39, 0.29) is 25.8 Å². The summed E-state index contributed by atoms with van der Waals surface area (Å²) in [7, 11) is 0. The molecular weight excluding hydrogens is 554 g/mol. The van der Waals surface area contributed by atoms with Gasteiger partial charge >= 0.3 is 11.9 Å². The quantitative estimate of drug-likeness (QED) is 0.0439. The van der Waals surface area contributed by atoms with Crippen molar-refractivity contribution in [2.75, 3.05) is 6.54 Å². The van der Waals surface area contributed by atoms with Crippen molar-refractivity contribution in [2.24, 2.45) is 0 Å². The zero-order valence-corrected chi connectivity index (χ0v) is 29.0. The fourth-order valence-corrected chi connectivity index (χ4v) is 6.99. The number of rotatable bonds is 32. The highest BCUT2D eigenvalue weighted by Crippen LogP contribution is 2.34.